The van der Waals surface area contributed by atoms with Gasteiger partial charge in [-0.1, -0.05) is 0 Å². The first-order valence-corrected chi connectivity index (χ1v) is 4.35. The Labute approximate surface area is 75.9 Å². The molecule has 0 aromatic carbocycles. The molecule has 0 aromatic heterocycles. The third kappa shape index (κ3) is 1.12. The van der Waals surface area contributed by atoms with Crippen molar-refractivity contribution in [3.63, 3.8) is 0 Å². The topological polar surface area (TPSA) is 38.3 Å². The van der Waals surface area contributed by atoms with Gasteiger partial charge in [0.15, 0.2) is 5.60 Å². The van der Waals surface area contributed by atoms with Gasteiger partial charge in [-0.15, -0.1) is 0 Å². The van der Waals surface area contributed by atoms with Gasteiger partial charge >= 0.3 is 0 Å². The number of carbonyl (C=O) groups excluding carboxylic acids is 1. The summed E-state index contributed by atoms with van der Waals surface area (Å²) >= 11 is 0. The monoisotopic (exact) mass is 185 g/mol. The molecule has 1 amide bonds. The lowest BCUT2D eigenvalue weighted by atomic mass is 9.77. The number of hydrogen-bond donors (Lipinski definition) is 1. The molecule has 1 aliphatic carbocycles. The first-order valence-electron chi connectivity index (χ1n) is 4.35. The van der Waals surface area contributed by atoms with Crippen LogP contribution in [0.3, 0.4) is 0 Å². The van der Waals surface area contributed by atoms with E-state index in [4.69, 9.17) is 4.74 Å². The molecule has 4 heteroatoms. The molecule has 0 saturated heterocycles. The predicted octanol–water partition coefficient (Wildman–Crippen LogP) is 1.25. The van der Waals surface area contributed by atoms with Crippen molar-refractivity contribution in [2.24, 2.45) is 0 Å². The van der Waals surface area contributed by atoms with Crippen LogP contribution in [0.15, 0.2) is 11.5 Å². The van der Waals surface area contributed by atoms with Crippen LogP contribution >= 0.6 is 0 Å². The summed E-state index contributed by atoms with van der Waals surface area (Å²) in [5.41, 5.74) is -0.179. The summed E-state index contributed by atoms with van der Waals surface area (Å²) < 4.78 is 18.1. The third-order valence-electron chi connectivity index (χ3n) is 2.69. The van der Waals surface area contributed by atoms with E-state index in [-0.39, 0.29) is 18.7 Å². The van der Waals surface area contributed by atoms with Gasteiger partial charge in [-0.25, -0.2) is 4.39 Å². The van der Waals surface area contributed by atoms with Crippen LogP contribution in [-0.2, 0) is 9.53 Å². The molecule has 0 unspecified atom stereocenters. The van der Waals surface area contributed by atoms with Crippen molar-refractivity contribution in [3.05, 3.63) is 11.5 Å². The molecule has 2 aliphatic rings. The number of ether oxygens (including phenoxy) is 1. The quantitative estimate of drug-likeness (QED) is 0.617. The molecule has 0 bridgehead atoms. The Kier molecular flexibility index (Phi) is 1.62. The number of halogens is 1. The van der Waals surface area contributed by atoms with Crippen molar-refractivity contribution >= 4 is 5.91 Å². The van der Waals surface area contributed by atoms with Crippen molar-refractivity contribution in [1.29, 1.82) is 0 Å². The lowest BCUT2D eigenvalue weighted by Gasteiger charge is -2.45. The van der Waals surface area contributed by atoms with E-state index in [0.29, 0.717) is 5.76 Å². The Morgan fingerprint density at radius 2 is 2.15 bits per heavy atom. The van der Waals surface area contributed by atoms with Crippen molar-refractivity contribution in [2.45, 2.75) is 38.5 Å². The maximum atomic E-state index is 12.7. The standard InChI is InChI=1S/C9H12FNO2/c1-5-6(2)13-9(8(12)11-5)3-7(10)4-9/h7H,3-4H2,1-2H3,(H,11,12). The van der Waals surface area contributed by atoms with Crippen LogP contribution < -0.4 is 5.32 Å². The van der Waals surface area contributed by atoms with Gasteiger partial charge in [0.05, 0.1) is 5.70 Å². The average Bonchev–Trinajstić information content (AvgIpc) is 1.98. The largest absolute Gasteiger partial charge is 0.480 e. The van der Waals surface area contributed by atoms with Crippen LogP contribution in [0.5, 0.6) is 0 Å². The van der Waals surface area contributed by atoms with Crippen molar-refractivity contribution < 1.29 is 13.9 Å². The molecule has 1 fully saturated rings. The first-order chi connectivity index (χ1) is 6.03. The highest BCUT2D eigenvalue weighted by Gasteiger charge is 2.54. The molecule has 0 radical (unpaired) electrons. The first kappa shape index (κ1) is 8.53. The minimum Gasteiger partial charge on any atom is -0.480 e. The molecule has 0 aromatic rings. The van der Waals surface area contributed by atoms with Gasteiger partial charge in [0.1, 0.15) is 11.9 Å². The molecule has 3 nitrogen and oxygen atoms in total. The summed E-state index contributed by atoms with van der Waals surface area (Å²) in [6, 6.07) is 0. The van der Waals surface area contributed by atoms with E-state index in [1.54, 1.807) is 13.8 Å². The molecule has 0 atom stereocenters. The summed E-state index contributed by atoms with van der Waals surface area (Å²) in [5, 5.41) is 2.69. The number of rotatable bonds is 0. The van der Waals surface area contributed by atoms with E-state index in [1.165, 1.54) is 0 Å². The molecule has 2 rings (SSSR count). The van der Waals surface area contributed by atoms with E-state index < -0.39 is 11.8 Å². The fourth-order valence-corrected chi connectivity index (χ4v) is 1.71. The second-order valence-electron chi connectivity index (χ2n) is 3.74. The van der Waals surface area contributed by atoms with Crippen molar-refractivity contribution in [3.8, 4) is 0 Å². The van der Waals surface area contributed by atoms with Gasteiger partial charge in [0.25, 0.3) is 5.91 Å². The fraction of sp³-hybridized carbons (Fsp3) is 0.667. The Morgan fingerprint density at radius 1 is 1.54 bits per heavy atom. The lowest BCUT2D eigenvalue weighted by molar-refractivity contribution is -0.164. The van der Waals surface area contributed by atoms with E-state index in [2.05, 4.69) is 5.32 Å². The number of amides is 1. The molecule has 72 valence electrons. The van der Waals surface area contributed by atoms with Gasteiger partial charge in [-0.05, 0) is 13.8 Å². The fourth-order valence-electron chi connectivity index (χ4n) is 1.71. The van der Waals surface area contributed by atoms with E-state index in [1.807, 2.05) is 0 Å². The van der Waals surface area contributed by atoms with Crippen LogP contribution in [0, 0.1) is 0 Å². The molecular formula is C9H12FNO2. The molecule has 1 saturated carbocycles. The third-order valence-corrected chi connectivity index (χ3v) is 2.69. The maximum absolute atomic E-state index is 12.7. The van der Waals surface area contributed by atoms with Crippen molar-refractivity contribution in [2.75, 3.05) is 0 Å². The van der Waals surface area contributed by atoms with Crippen LogP contribution in [0.2, 0.25) is 0 Å². The minimum absolute atomic E-state index is 0.184. The van der Waals surface area contributed by atoms with Gasteiger partial charge in [-0.2, -0.15) is 0 Å². The second-order valence-corrected chi connectivity index (χ2v) is 3.74. The zero-order chi connectivity index (χ0) is 9.64. The van der Waals surface area contributed by atoms with Crippen LogP contribution in [0.25, 0.3) is 0 Å². The molecule has 1 heterocycles. The second kappa shape index (κ2) is 2.47. The molecule has 1 spiro atoms. The summed E-state index contributed by atoms with van der Waals surface area (Å²) in [6.07, 6.45) is -0.524. The zero-order valence-corrected chi connectivity index (χ0v) is 7.69. The highest BCUT2D eigenvalue weighted by molar-refractivity contribution is 5.88. The normalized spacial score (nSPS) is 38.4. The molecule has 1 N–H and O–H groups in total. The summed E-state index contributed by atoms with van der Waals surface area (Å²) in [4.78, 5) is 11.5. The molecular weight excluding hydrogens is 173 g/mol. The summed E-state index contributed by atoms with van der Waals surface area (Å²) in [6.45, 7) is 3.55. The summed E-state index contributed by atoms with van der Waals surface area (Å²) in [5.74, 6) is 0.482. The molecule has 13 heavy (non-hydrogen) atoms. The number of nitrogens with one attached hydrogen (secondary N) is 1. The Hall–Kier alpha value is -1.06. The van der Waals surface area contributed by atoms with Crippen molar-refractivity contribution in [1.82, 2.24) is 5.32 Å². The Bertz CT molecular complexity index is 292. The SMILES string of the molecule is CC1=C(C)OC2(CC(F)C2)C(=O)N1. The maximum Gasteiger partial charge on any atom is 0.268 e. The van der Waals surface area contributed by atoms with E-state index >= 15 is 0 Å². The van der Waals surface area contributed by atoms with E-state index in [9.17, 15) is 9.18 Å². The molecule has 1 aliphatic heterocycles. The van der Waals surface area contributed by atoms with Gasteiger partial charge in [0.2, 0.25) is 0 Å². The van der Waals surface area contributed by atoms with Crippen LogP contribution in [0.4, 0.5) is 4.39 Å². The van der Waals surface area contributed by atoms with Crippen LogP contribution in [-0.4, -0.2) is 17.7 Å². The predicted molar refractivity (Wildman–Crippen MR) is 44.5 cm³/mol. The highest BCUT2D eigenvalue weighted by Crippen LogP contribution is 2.41. The summed E-state index contributed by atoms with van der Waals surface area (Å²) in [7, 11) is 0. The lowest BCUT2D eigenvalue weighted by Crippen LogP contribution is -2.60. The zero-order valence-electron chi connectivity index (χ0n) is 7.69. The van der Waals surface area contributed by atoms with Gasteiger partial charge in [0, 0.05) is 12.8 Å². The van der Waals surface area contributed by atoms with Gasteiger partial charge in [-0.3, -0.25) is 4.79 Å². The highest BCUT2D eigenvalue weighted by atomic mass is 19.1. The Morgan fingerprint density at radius 3 is 2.69 bits per heavy atom. The number of hydrogen-bond acceptors (Lipinski definition) is 2. The van der Waals surface area contributed by atoms with Gasteiger partial charge < -0.3 is 10.1 Å². The number of carbonyl (C=O) groups is 1. The number of allylic oxidation sites excluding steroid dienone is 2. The van der Waals surface area contributed by atoms with Crippen LogP contribution in [0.1, 0.15) is 26.7 Å². The minimum atomic E-state index is -0.900. The number of alkyl halides is 1. The average molecular weight is 185 g/mol. The van der Waals surface area contributed by atoms with E-state index in [0.717, 1.165) is 5.70 Å². The smallest absolute Gasteiger partial charge is 0.268 e. The Balaban J connectivity index is 2.21.